The van der Waals surface area contributed by atoms with Gasteiger partial charge in [0.1, 0.15) is 0 Å². The van der Waals surface area contributed by atoms with Crippen molar-refractivity contribution in [3.8, 4) is 0 Å². The number of nitrogens with zero attached hydrogens (tertiary/aromatic N) is 1. The number of thiophene rings is 1. The molecule has 7 heteroatoms. The molecule has 2 aromatic rings. The van der Waals surface area contributed by atoms with Crippen LogP contribution in [-0.2, 0) is 11.2 Å². The van der Waals surface area contributed by atoms with Crippen molar-refractivity contribution in [3.63, 3.8) is 0 Å². The molecule has 0 spiro atoms. The third-order valence-corrected chi connectivity index (χ3v) is 3.71. The van der Waals surface area contributed by atoms with Crippen molar-refractivity contribution in [2.24, 2.45) is 0 Å². The largest absolute Gasteiger partial charge is 0.479 e. The maximum atomic E-state index is 11.7. The quantitative estimate of drug-likeness (QED) is 0.759. The van der Waals surface area contributed by atoms with Gasteiger partial charge >= 0.3 is 12.0 Å². The van der Waals surface area contributed by atoms with E-state index < -0.39 is 18.0 Å². The van der Waals surface area contributed by atoms with Crippen LogP contribution < -0.4 is 10.6 Å². The molecule has 0 aliphatic carbocycles. The van der Waals surface area contributed by atoms with Crippen LogP contribution in [0.25, 0.3) is 0 Å². The van der Waals surface area contributed by atoms with E-state index in [-0.39, 0.29) is 0 Å². The highest BCUT2D eigenvalue weighted by Gasteiger charge is 2.22. The van der Waals surface area contributed by atoms with E-state index in [9.17, 15) is 9.59 Å². The fourth-order valence-corrected chi connectivity index (χ4v) is 2.53. The predicted molar refractivity (Wildman–Crippen MR) is 79.2 cm³/mol. The van der Waals surface area contributed by atoms with Crippen LogP contribution in [0.1, 0.15) is 16.5 Å². The standard InChI is InChI=1S/C14H15N3O3S/c18-13(19)12(11-4-2-8-21-11)17-14(20)16-7-5-10-3-1-6-15-9-10/h1-4,6,8-9,12H,5,7H2,(H,18,19)(H2,16,17,20). The lowest BCUT2D eigenvalue weighted by atomic mass is 10.2. The van der Waals surface area contributed by atoms with Gasteiger partial charge in [-0.3, -0.25) is 4.98 Å². The van der Waals surface area contributed by atoms with Crippen molar-refractivity contribution < 1.29 is 14.7 Å². The number of carboxylic acids is 1. The van der Waals surface area contributed by atoms with Gasteiger partial charge in [0, 0.05) is 23.8 Å². The molecule has 21 heavy (non-hydrogen) atoms. The molecule has 0 radical (unpaired) electrons. The van der Waals surface area contributed by atoms with Gasteiger partial charge in [-0.25, -0.2) is 9.59 Å². The van der Waals surface area contributed by atoms with Crippen LogP contribution >= 0.6 is 11.3 Å². The van der Waals surface area contributed by atoms with Crippen LogP contribution in [-0.4, -0.2) is 28.6 Å². The van der Waals surface area contributed by atoms with E-state index >= 15 is 0 Å². The maximum Gasteiger partial charge on any atom is 0.331 e. The minimum atomic E-state index is -1.08. The highest BCUT2D eigenvalue weighted by molar-refractivity contribution is 7.10. The van der Waals surface area contributed by atoms with Crippen molar-refractivity contribution in [2.75, 3.05) is 6.54 Å². The minimum absolute atomic E-state index is 0.411. The zero-order valence-corrected chi connectivity index (χ0v) is 12.0. The monoisotopic (exact) mass is 305 g/mol. The second kappa shape index (κ2) is 7.39. The van der Waals surface area contributed by atoms with E-state index in [2.05, 4.69) is 15.6 Å². The smallest absolute Gasteiger partial charge is 0.331 e. The Labute approximate surface area is 125 Å². The van der Waals surface area contributed by atoms with Crippen LogP contribution in [0.5, 0.6) is 0 Å². The molecule has 1 atom stereocenters. The number of aliphatic carboxylic acids is 1. The van der Waals surface area contributed by atoms with Crippen molar-refractivity contribution >= 4 is 23.3 Å². The number of carboxylic acid groups (broad SMARTS) is 1. The molecule has 2 rings (SSSR count). The topological polar surface area (TPSA) is 91.3 Å². The van der Waals surface area contributed by atoms with E-state index in [1.807, 2.05) is 12.1 Å². The maximum absolute atomic E-state index is 11.7. The highest BCUT2D eigenvalue weighted by atomic mass is 32.1. The number of aromatic nitrogens is 1. The molecule has 0 bridgehead atoms. The summed E-state index contributed by atoms with van der Waals surface area (Å²) in [5.41, 5.74) is 1.01. The van der Waals surface area contributed by atoms with E-state index in [4.69, 9.17) is 5.11 Å². The Balaban J connectivity index is 1.82. The van der Waals surface area contributed by atoms with Crippen LogP contribution in [0.2, 0.25) is 0 Å². The highest BCUT2D eigenvalue weighted by Crippen LogP contribution is 2.18. The third-order valence-electron chi connectivity index (χ3n) is 2.77. The summed E-state index contributed by atoms with van der Waals surface area (Å²) in [5, 5.41) is 16.0. The number of hydrogen-bond acceptors (Lipinski definition) is 4. The Morgan fingerprint density at radius 2 is 2.19 bits per heavy atom. The second-order valence-corrected chi connectivity index (χ2v) is 5.28. The number of carbonyl (C=O) groups is 2. The number of hydrogen-bond donors (Lipinski definition) is 3. The molecule has 110 valence electrons. The number of pyridine rings is 1. The van der Waals surface area contributed by atoms with Crippen molar-refractivity contribution in [2.45, 2.75) is 12.5 Å². The first kappa shape index (κ1) is 15.0. The number of carbonyl (C=O) groups excluding carboxylic acids is 1. The Morgan fingerprint density at radius 1 is 1.33 bits per heavy atom. The molecule has 0 saturated carbocycles. The van der Waals surface area contributed by atoms with E-state index in [1.54, 1.807) is 29.9 Å². The first-order valence-corrected chi connectivity index (χ1v) is 7.24. The molecule has 0 fully saturated rings. The lowest BCUT2D eigenvalue weighted by Gasteiger charge is -2.13. The summed E-state index contributed by atoms with van der Waals surface area (Å²) in [4.78, 5) is 27.5. The molecule has 0 aliphatic heterocycles. The molecule has 2 heterocycles. The summed E-state index contributed by atoms with van der Waals surface area (Å²) >= 11 is 1.29. The first-order chi connectivity index (χ1) is 10.2. The summed E-state index contributed by atoms with van der Waals surface area (Å²) in [6.07, 6.45) is 4.05. The Hall–Kier alpha value is -2.41. The van der Waals surface area contributed by atoms with Crippen LogP contribution in [0.15, 0.2) is 42.0 Å². The zero-order chi connectivity index (χ0) is 15.1. The predicted octanol–water partition coefficient (Wildman–Crippen LogP) is 1.81. The Bertz CT molecular complexity index is 587. The van der Waals surface area contributed by atoms with Crippen molar-refractivity contribution in [1.29, 1.82) is 0 Å². The van der Waals surface area contributed by atoms with Gasteiger partial charge in [0.05, 0.1) is 0 Å². The summed E-state index contributed by atoms with van der Waals surface area (Å²) < 4.78 is 0. The van der Waals surface area contributed by atoms with Gasteiger partial charge in [0.15, 0.2) is 6.04 Å². The fraction of sp³-hybridized carbons (Fsp3) is 0.214. The normalized spacial score (nSPS) is 11.6. The summed E-state index contributed by atoms with van der Waals surface area (Å²) in [6, 6.07) is 5.64. The average Bonchev–Trinajstić information content (AvgIpc) is 2.99. The molecule has 2 aromatic heterocycles. The third kappa shape index (κ3) is 4.57. The second-order valence-electron chi connectivity index (χ2n) is 4.30. The van der Waals surface area contributed by atoms with Gasteiger partial charge in [-0.2, -0.15) is 0 Å². The van der Waals surface area contributed by atoms with Gasteiger partial charge in [-0.1, -0.05) is 12.1 Å². The first-order valence-electron chi connectivity index (χ1n) is 6.36. The number of nitrogens with one attached hydrogen (secondary N) is 2. The molecule has 0 aromatic carbocycles. The van der Waals surface area contributed by atoms with Gasteiger partial charge in [-0.15, -0.1) is 11.3 Å². The van der Waals surface area contributed by atoms with Gasteiger partial charge in [-0.05, 0) is 29.5 Å². The zero-order valence-electron chi connectivity index (χ0n) is 11.2. The number of urea groups is 1. The fourth-order valence-electron chi connectivity index (χ4n) is 1.76. The van der Waals surface area contributed by atoms with Crippen LogP contribution in [0.3, 0.4) is 0 Å². The van der Waals surface area contributed by atoms with E-state index in [0.29, 0.717) is 17.8 Å². The van der Waals surface area contributed by atoms with Crippen LogP contribution in [0, 0.1) is 0 Å². The van der Waals surface area contributed by atoms with E-state index in [1.165, 1.54) is 11.3 Å². The lowest BCUT2D eigenvalue weighted by Crippen LogP contribution is -2.41. The summed E-state index contributed by atoms with van der Waals surface area (Å²) in [6.45, 7) is 0.411. The average molecular weight is 305 g/mol. The van der Waals surface area contributed by atoms with Gasteiger partial charge in [0.2, 0.25) is 0 Å². The molecule has 3 N–H and O–H groups in total. The Morgan fingerprint density at radius 3 is 2.81 bits per heavy atom. The SMILES string of the molecule is O=C(NCCc1cccnc1)NC(C(=O)O)c1cccs1. The molecule has 0 saturated heterocycles. The summed E-state index contributed by atoms with van der Waals surface area (Å²) in [5.74, 6) is -1.08. The van der Waals surface area contributed by atoms with Crippen LogP contribution in [0.4, 0.5) is 4.79 Å². The lowest BCUT2D eigenvalue weighted by molar-refractivity contribution is -0.139. The Kier molecular flexibility index (Phi) is 5.28. The van der Waals surface area contributed by atoms with Crippen molar-refractivity contribution in [1.82, 2.24) is 15.6 Å². The molecule has 2 amide bonds. The van der Waals surface area contributed by atoms with Gasteiger partial charge in [0.25, 0.3) is 0 Å². The molecular weight excluding hydrogens is 290 g/mol. The van der Waals surface area contributed by atoms with Gasteiger partial charge < -0.3 is 15.7 Å². The molecular formula is C14H15N3O3S. The summed E-state index contributed by atoms with van der Waals surface area (Å²) in [7, 11) is 0. The van der Waals surface area contributed by atoms with Crippen molar-refractivity contribution in [3.05, 3.63) is 52.5 Å². The number of amides is 2. The number of rotatable bonds is 6. The molecule has 0 aliphatic rings. The van der Waals surface area contributed by atoms with E-state index in [0.717, 1.165) is 5.56 Å². The minimum Gasteiger partial charge on any atom is -0.479 e. The molecule has 6 nitrogen and oxygen atoms in total. The molecule has 1 unspecified atom stereocenters.